The van der Waals surface area contributed by atoms with Gasteiger partial charge >= 0.3 is 5.97 Å². The zero-order valence-corrected chi connectivity index (χ0v) is 36.4. The minimum Gasteiger partial charge on any atom is -0.462 e. The summed E-state index contributed by atoms with van der Waals surface area (Å²) in [5.41, 5.74) is 0. The molecule has 0 aliphatic carbocycles. The van der Waals surface area contributed by atoms with Gasteiger partial charge in [0.2, 0.25) is 5.91 Å². The lowest BCUT2D eigenvalue weighted by Crippen LogP contribution is -2.46. The summed E-state index contributed by atoms with van der Waals surface area (Å²) in [6.45, 7) is 6.45. The average molecular weight is 764 g/mol. The van der Waals surface area contributed by atoms with Crippen molar-refractivity contribution in [2.75, 3.05) is 6.61 Å². The topological polar surface area (TPSA) is 95.9 Å². The largest absolute Gasteiger partial charge is 0.462 e. The first kappa shape index (κ1) is 52.6. The lowest BCUT2D eigenvalue weighted by atomic mass is 10.0. The maximum atomic E-state index is 13.1. The Hall–Kier alpha value is -1.40. The van der Waals surface area contributed by atoms with E-state index in [1.807, 2.05) is 0 Å². The highest BCUT2D eigenvalue weighted by molar-refractivity contribution is 5.77. The maximum Gasteiger partial charge on any atom is 0.306 e. The molecule has 0 saturated heterocycles. The van der Waals surface area contributed by atoms with Gasteiger partial charge in [0, 0.05) is 6.42 Å². The van der Waals surface area contributed by atoms with E-state index < -0.39 is 18.2 Å². The first-order valence-corrected chi connectivity index (χ1v) is 23.9. The Kier molecular flexibility index (Phi) is 41.6. The molecule has 54 heavy (non-hydrogen) atoms. The van der Waals surface area contributed by atoms with Crippen LogP contribution in [0.1, 0.15) is 258 Å². The Labute approximate surface area is 336 Å². The molecule has 3 N–H and O–H groups in total. The highest BCUT2D eigenvalue weighted by Crippen LogP contribution is 2.18. The number of carbonyl (C=O) groups is 2. The molecule has 0 aliphatic heterocycles. The molecule has 6 heteroatoms. The van der Waals surface area contributed by atoms with Gasteiger partial charge in [0.15, 0.2) is 0 Å². The van der Waals surface area contributed by atoms with Crippen molar-refractivity contribution in [2.45, 2.75) is 277 Å². The van der Waals surface area contributed by atoms with Gasteiger partial charge in [-0.15, -0.1) is 0 Å². The number of rotatable bonds is 43. The summed E-state index contributed by atoms with van der Waals surface area (Å²) >= 11 is 0. The Balaban J connectivity index is 4.40. The van der Waals surface area contributed by atoms with Crippen LogP contribution in [-0.2, 0) is 14.3 Å². The van der Waals surface area contributed by atoms with Crippen molar-refractivity contribution in [1.29, 1.82) is 0 Å². The van der Waals surface area contributed by atoms with Gasteiger partial charge < -0.3 is 20.3 Å². The predicted molar refractivity (Wildman–Crippen MR) is 232 cm³/mol. The van der Waals surface area contributed by atoms with Gasteiger partial charge in [-0.25, -0.2) is 0 Å². The average Bonchev–Trinajstić information content (AvgIpc) is 3.16. The predicted octanol–water partition coefficient (Wildman–Crippen LogP) is 13.8. The molecule has 0 aromatic carbocycles. The van der Waals surface area contributed by atoms with Crippen LogP contribution in [0.2, 0.25) is 0 Å². The third-order valence-corrected chi connectivity index (χ3v) is 11.1. The summed E-state index contributed by atoms with van der Waals surface area (Å²) in [4.78, 5) is 25.9. The Bertz CT molecular complexity index is 817. The molecule has 0 bridgehead atoms. The smallest absolute Gasteiger partial charge is 0.306 e. The molecule has 3 unspecified atom stereocenters. The van der Waals surface area contributed by atoms with E-state index in [1.54, 1.807) is 0 Å². The van der Waals surface area contributed by atoms with Crippen LogP contribution in [-0.4, -0.2) is 46.9 Å². The van der Waals surface area contributed by atoms with Crippen molar-refractivity contribution in [3.05, 3.63) is 12.2 Å². The van der Waals surface area contributed by atoms with Crippen LogP contribution in [0, 0.1) is 0 Å². The second-order valence-corrected chi connectivity index (χ2v) is 16.5. The molecule has 0 heterocycles. The molecule has 0 aromatic rings. The van der Waals surface area contributed by atoms with Gasteiger partial charge in [0.1, 0.15) is 6.10 Å². The van der Waals surface area contributed by atoms with Crippen molar-refractivity contribution >= 4 is 11.9 Å². The zero-order chi connectivity index (χ0) is 39.6. The number of allylic oxidation sites excluding steroid dienone is 2. The second kappa shape index (κ2) is 42.7. The number of nitrogens with one attached hydrogen (secondary N) is 1. The van der Waals surface area contributed by atoms with Gasteiger partial charge in [-0.05, 0) is 51.4 Å². The molecule has 0 radical (unpaired) electrons. The molecular weight excluding hydrogens is 671 g/mol. The fourth-order valence-corrected chi connectivity index (χ4v) is 7.43. The molecule has 1 amide bonds. The molecule has 0 fully saturated rings. The lowest BCUT2D eigenvalue weighted by molar-refractivity contribution is -0.151. The van der Waals surface area contributed by atoms with Crippen molar-refractivity contribution in [1.82, 2.24) is 5.32 Å². The van der Waals surface area contributed by atoms with Crippen molar-refractivity contribution in [2.24, 2.45) is 0 Å². The third-order valence-electron chi connectivity index (χ3n) is 11.1. The summed E-state index contributed by atoms with van der Waals surface area (Å²) in [6, 6.07) is -0.695. The number of carbonyl (C=O) groups excluding carboxylic acids is 2. The van der Waals surface area contributed by atoms with Crippen LogP contribution < -0.4 is 5.32 Å². The van der Waals surface area contributed by atoms with E-state index in [-0.39, 0.29) is 24.9 Å². The van der Waals surface area contributed by atoms with Crippen molar-refractivity contribution in [3.8, 4) is 0 Å². The number of aliphatic hydroxyl groups is 2. The van der Waals surface area contributed by atoms with E-state index in [4.69, 9.17) is 4.74 Å². The molecule has 0 saturated carbocycles. The Morgan fingerprint density at radius 3 is 1.31 bits per heavy atom. The molecule has 0 aromatic heterocycles. The van der Waals surface area contributed by atoms with Crippen molar-refractivity contribution in [3.63, 3.8) is 0 Å². The van der Waals surface area contributed by atoms with Crippen LogP contribution in [0.3, 0.4) is 0 Å². The number of amides is 1. The number of aliphatic hydroxyl groups excluding tert-OH is 2. The molecule has 0 rings (SSSR count). The van der Waals surface area contributed by atoms with Crippen LogP contribution >= 0.6 is 0 Å². The van der Waals surface area contributed by atoms with Gasteiger partial charge in [-0.3, -0.25) is 9.59 Å². The standard InChI is InChI=1S/C48H93NO5/c1-4-7-10-13-16-18-20-22-24-26-28-31-34-37-40-46(51)45(43-50)49-47(52)42-44(39-36-33-30-15-12-9-6-3)54-48(53)41-38-35-32-29-27-25-23-21-19-17-14-11-8-5-2/h25,27,44-46,50-51H,4-24,26,28-43H2,1-3H3,(H,49,52)/b27-25-. The van der Waals surface area contributed by atoms with Crippen LogP contribution in [0.25, 0.3) is 0 Å². The third kappa shape index (κ3) is 37.5. The monoisotopic (exact) mass is 764 g/mol. The fourth-order valence-electron chi connectivity index (χ4n) is 7.43. The van der Waals surface area contributed by atoms with Gasteiger partial charge in [-0.1, -0.05) is 206 Å². The zero-order valence-electron chi connectivity index (χ0n) is 36.4. The van der Waals surface area contributed by atoms with E-state index in [0.717, 1.165) is 51.4 Å². The first-order valence-electron chi connectivity index (χ1n) is 23.9. The molecule has 0 aliphatic rings. The van der Waals surface area contributed by atoms with E-state index in [1.165, 1.54) is 161 Å². The molecule has 0 spiro atoms. The SMILES string of the molecule is CCCCCCCCC/C=C\CCCCCC(=O)OC(CCCCCCCCC)CC(=O)NC(CO)C(O)CCCCCCCCCCCCCCCC. The number of hydrogen-bond donors (Lipinski definition) is 3. The quantitative estimate of drug-likeness (QED) is 0.0326. The second-order valence-electron chi connectivity index (χ2n) is 16.5. The first-order chi connectivity index (χ1) is 26.5. The summed E-state index contributed by atoms with van der Waals surface area (Å²) in [5, 5.41) is 23.6. The normalized spacial score (nSPS) is 13.4. The number of esters is 1. The molecule has 6 nitrogen and oxygen atoms in total. The highest BCUT2D eigenvalue weighted by Gasteiger charge is 2.24. The summed E-state index contributed by atoms with van der Waals surface area (Å²) < 4.78 is 5.87. The van der Waals surface area contributed by atoms with Crippen molar-refractivity contribution < 1.29 is 24.5 Å². The van der Waals surface area contributed by atoms with E-state index in [0.29, 0.717) is 19.3 Å². The van der Waals surface area contributed by atoms with Gasteiger partial charge in [-0.2, -0.15) is 0 Å². The maximum absolute atomic E-state index is 13.1. The van der Waals surface area contributed by atoms with E-state index >= 15 is 0 Å². The number of ether oxygens (including phenoxy) is 1. The van der Waals surface area contributed by atoms with E-state index in [9.17, 15) is 19.8 Å². The van der Waals surface area contributed by atoms with Gasteiger partial charge in [0.25, 0.3) is 0 Å². The highest BCUT2D eigenvalue weighted by atomic mass is 16.5. The van der Waals surface area contributed by atoms with Crippen LogP contribution in [0.4, 0.5) is 0 Å². The Morgan fingerprint density at radius 2 is 0.889 bits per heavy atom. The Morgan fingerprint density at radius 1 is 0.519 bits per heavy atom. The minimum atomic E-state index is -0.782. The summed E-state index contributed by atoms with van der Waals surface area (Å²) in [7, 11) is 0. The van der Waals surface area contributed by atoms with Gasteiger partial charge in [0.05, 0.1) is 25.2 Å². The number of unbranched alkanes of at least 4 members (excludes halogenated alkanes) is 29. The van der Waals surface area contributed by atoms with Crippen LogP contribution in [0.15, 0.2) is 12.2 Å². The lowest BCUT2D eigenvalue weighted by Gasteiger charge is -2.24. The van der Waals surface area contributed by atoms with E-state index in [2.05, 4.69) is 38.2 Å². The minimum absolute atomic E-state index is 0.0766. The molecule has 3 atom stereocenters. The number of hydrogen-bond acceptors (Lipinski definition) is 5. The molecule has 320 valence electrons. The van der Waals surface area contributed by atoms with Crippen LogP contribution in [0.5, 0.6) is 0 Å². The summed E-state index contributed by atoms with van der Waals surface area (Å²) in [6.07, 6.45) is 45.7. The molecular formula is C48H93NO5. The fraction of sp³-hybridized carbons (Fsp3) is 0.917. The summed E-state index contributed by atoms with van der Waals surface area (Å²) in [5.74, 6) is -0.486.